The molecule has 0 saturated carbocycles. The molecule has 2 atom stereocenters. The minimum atomic E-state index is -0.685. The van der Waals surface area contributed by atoms with E-state index in [9.17, 15) is 9.59 Å². The Bertz CT molecular complexity index is 477. The predicted molar refractivity (Wildman–Crippen MR) is 72.4 cm³/mol. The first-order chi connectivity index (χ1) is 9.56. The largest absolute Gasteiger partial charge is 0.446 e. The molecule has 0 aromatic carbocycles. The zero-order valence-electron chi connectivity index (χ0n) is 11.6. The third-order valence-electron chi connectivity index (χ3n) is 3.40. The zero-order valence-corrected chi connectivity index (χ0v) is 11.6. The molecule has 6 heteroatoms. The summed E-state index contributed by atoms with van der Waals surface area (Å²) in [5.74, 6) is -0.933. The number of ether oxygens (including phenoxy) is 1. The van der Waals surface area contributed by atoms with Crippen LogP contribution in [0, 0.1) is 0 Å². The van der Waals surface area contributed by atoms with Crippen molar-refractivity contribution < 1.29 is 18.7 Å². The van der Waals surface area contributed by atoms with E-state index in [1.165, 1.54) is 12.1 Å². The number of nitrogens with one attached hydrogen (secondary N) is 1. The first-order valence-corrected chi connectivity index (χ1v) is 6.88. The Balaban J connectivity index is 1.78. The van der Waals surface area contributed by atoms with Gasteiger partial charge in [0.15, 0.2) is 11.5 Å². The second-order valence-electron chi connectivity index (χ2n) is 5.12. The number of rotatable bonds is 6. The molecular formula is C14H20N2O4. The standard InChI is InChI=1S/C14H20N2O4/c1-9(4-5-10-3-2-8-19-10)16-14(18)12-7-6-11(20-12)13(15)17/h6-7,9-10H,2-5,8H2,1H3,(H2,15,17)(H,16,18)/t9-,10+/m1/s1. The van der Waals surface area contributed by atoms with Crippen LogP contribution in [0.1, 0.15) is 53.7 Å². The Hall–Kier alpha value is -1.82. The fourth-order valence-corrected chi connectivity index (χ4v) is 2.27. The van der Waals surface area contributed by atoms with Crippen LogP contribution in [0.3, 0.4) is 0 Å². The van der Waals surface area contributed by atoms with Gasteiger partial charge in [0.2, 0.25) is 0 Å². The van der Waals surface area contributed by atoms with Crippen molar-refractivity contribution in [2.24, 2.45) is 5.73 Å². The van der Waals surface area contributed by atoms with Gasteiger partial charge in [0, 0.05) is 12.6 Å². The van der Waals surface area contributed by atoms with Crippen molar-refractivity contribution in [3.63, 3.8) is 0 Å². The lowest BCUT2D eigenvalue weighted by atomic mass is 10.1. The first-order valence-electron chi connectivity index (χ1n) is 6.88. The fourth-order valence-electron chi connectivity index (χ4n) is 2.27. The number of carbonyl (C=O) groups excluding carboxylic acids is 2. The van der Waals surface area contributed by atoms with Gasteiger partial charge in [-0.05, 0) is 44.7 Å². The van der Waals surface area contributed by atoms with Crippen LogP contribution >= 0.6 is 0 Å². The van der Waals surface area contributed by atoms with Crippen LogP contribution in [-0.2, 0) is 4.74 Å². The topological polar surface area (TPSA) is 94.6 Å². The highest BCUT2D eigenvalue weighted by molar-refractivity contribution is 5.95. The zero-order chi connectivity index (χ0) is 14.5. The van der Waals surface area contributed by atoms with Crippen molar-refractivity contribution in [1.82, 2.24) is 5.32 Å². The Kier molecular flexibility index (Phi) is 4.79. The van der Waals surface area contributed by atoms with Gasteiger partial charge in [-0.2, -0.15) is 0 Å². The monoisotopic (exact) mass is 280 g/mol. The summed E-state index contributed by atoms with van der Waals surface area (Å²) in [5, 5.41) is 2.83. The summed E-state index contributed by atoms with van der Waals surface area (Å²) in [5.41, 5.74) is 5.07. The second kappa shape index (κ2) is 6.56. The van der Waals surface area contributed by atoms with Crippen molar-refractivity contribution >= 4 is 11.8 Å². The minimum Gasteiger partial charge on any atom is -0.446 e. The molecule has 1 aliphatic heterocycles. The number of hydrogen-bond donors (Lipinski definition) is 2. The van der Waals surface area contributed by atoms with Crippen molar-refractivity contribution in [2.45, 2.75) is 44.8 Å². The number of hydrogen-bond acceptors (Lipinski definition) is 4. The predicted octanol–water partition coefficient (Wildman–Crippen LogP) is 1.46. The lowest BCUT2D eigenvalue weighted by Crippen LogP contribution is -2.33. The first kappa shape index (κ1) is 14.6. The summed E-state index contributed by atoms with van der Waals surface area (Å²) >= 11 is 0. The summed E-state index contributed by atoms with van der Waals surface area (Å²) in [6, 6.07) is 2.87. The van der Waals surface area contributed by atoms with Gasteiger partial charge in [-0.3, -0.25) is 9.59 Å². The smallest absolute Gasteiger partial charge is 0.287 e. The molecule has 0 aliphatic carbocycles. The Labute approximate surface area is 117 Å². The molecule has 2 rings (SSSR count). The van der Waals surface area contributed by atoms with Crippen LogP contribution in [0.25, 0.3) is 0 Å². The molecular weight excluding hydrogens is 260 g/mol. The number of carbonyl (C=O) groups is 2. The lowest BCUT2D eigenvalue weighted by Gasteiger charge is -2.15. The average Bonchev–Trinajstić information content (AvgIpc) is 3.07. The van der Waals surface area contributed by atoms with Gasteiger partial charge < -0.3 is 20.2 Å². The van der Waals surface area contributed by atoms with E-state index in [2.05, 4.69) is 5.32 Å². The molecule has 0 spiro atoms. The van der Waals surface area contributed by atoms with Crippen LogP contribution in [0.15, 0.2) is 16.5 Å². The summed E-state index contributed by atoms with van der Waals surface area (Å²) < 4.78 is 10.6. The SMILES string of the molecule is C[C@H](CC[C@@H]1CCCO1)NC(=O)c1ccc(C(N)=O)o1. The molecule has 1 fully saturated rings. The van der Waals surface area contributed by atoms with Crippen LogP contribution < -0.4 is 11.1 Å². The molecule has 1 aromatic heterocycles. The third-order valence-corrected chi connectivity index (χ3v) is 3.40. The summed E-state index contributed by atoms with van der Waals surface area (Å²) in [7, 11) is 0. The highest BCUT2D eigenvalue weighted by Gasteiger charge is 2.19. The number of nitrogens with two attached hydrogens (primary N) is 1. The molecule has 0 unspecified atom stereocenters. The highest BCUT2D eigenvalue weighted by Crippen LogP contribution is 2.17. The summed E-state index contributed by atoms with van der Waals surface area (Å²) in [6.07, 6.45) is 4.32. The highest BCUT2D eigenvalue weighted by atomic mass is 16.5. The third kappa shape index (κ3) is 3.84. The molecule has 2 heterocycles. The van der Waals surface area contributed by atoms with E-state index in [1.54, 1.807) is 0 Å². The number of primary amides is 1. The van der Waals surface area contributed by atoms with Gasteiger partial charge in [-0.15, -0.1) is 0 Å². The van der Waals surface area contributed by atoms with Crippen LogP contribution in [0.5, 0.6) is 0 Å². The minimum absolute atomic E-state index is 0.0119. The Morgan fingerprint density at radius 1 is 1.45 bits per heavy atom. The number of amides is 2. The number of furan rings is 1. The Morgan fingerprint density at radius 2 is 2.20 bits per heavy atom. The van der Waals surface area contributed by atoms with E-state index in [0.717, 1.165) is 32.3 Å². The normalized spacial score (nSPS) is 19.8. The molecule has 3 N–H and O–H groups in total. The van der Waals surface area contributed by atoms with Crippen LogP contribution in [0.4, 0.5) is 0 Å². The summed E-state index contributed by atoms with van der Waals surface area (Å²) in [6.45, 7) is 2.78. The molecule has 0 bridgehead atoms. The van der Waals surface area contributed by atoms with Gasteiger partial charge >= 0.3 is 0 Å². The van der Waals surface area contributed by atoms with E-state index in [-0.39, 0.29) is 23.5 Å². The van der Waals surface area contributed by atoms with Crippen molar-refractivity contribution in [3.05, 3.63) is 23.7 Å². The molecule has 2 amide bonds. The van der Waals surface area contributed by atoms with Crippen LogP contribution in [-0.4, -0.2) is 30.6 Å². The van der Waals surface area contributed by atoms with Gasteiger partial charge in [0.05, 0.1) is 6.10 Å². The maximum Gasteiger partial charge on any atom is 0.287 e. The molecule has 1 aliphatic rings. The van der Waals surface area contributed by atoms with E-state index in [1.807, 2.05) is 6.92 Å². The van der Waals surface area contributed by atoms with E-state index >= 15 is 0 Å². The fraction of sp³-hybridized carbons (Fsp3) is 0.571. The van der Waals surface area contributed by atoms with E-state index < -0.39 is 5.91 Å². The molecule has 6 nitrogen and oxygen atoms in total. The van der Waals surface area contributed by atoms with E-state index in [4.69, 9.17) is 14.9 Å². The average molecular weight is 280 g/mol. The second-order valence-corrected chi connectivity index (χ2v) is 5.12. The maximum absolute atomic E-state index is 11.9. The molecule has 1 saturated heterocycles. The van der Waals surface area contributed by atoms with Crippen LogP contribution in [0.2, 0.25) is 0 Å². The Morgan fingerprint density at radius 3 is 2.80 bits per heavy atom. The van der Waals surface area contributed by atoms with Crippen molar-refractivity contribution in [1.29, 1.82) is 0 Å². The van der Waals surface area contributed by atoms with Gasteiger partial charge in [-0.1, -0.05) is 0 Å². The summed E-state index contributed by atoms with van der Waals surface area (Å²) in [4.78, 5) is 22.8. The van der Waals surface area contributed by atoms with E-state index in [0.29, 0.717) is 6.10 Å². The lowest BCUT2D eigenvalue weighted by molar-refractivity contribution is 0.0872. The van der Waals surface area contributed by atoms with Gasteiger partial charge in [0.1, 0.15) is 0 Å². The van der Waals surface area contributed by atoms with Gasteiger partial charge in [-0.25, -0.2) is 0 Å². The quantitative estimate of drug-likeness (QED) is 0.824. The van der Waals surface area contributed by atoms with Crippen molar-refractivity contribution in [3.8, 4) is 0 Å². The molecule has 0 radical (unpaired) electrons. The van der Waals surface area contributed by atoms with Gasteiger partial charge in [0.25, 0.3) is 11.8 Å². The maximum atomic E-state index is 11.9. The molecule has 110 valence electrons. The molecule has 20 heavy (non-hydrogen) atoms. The molecule has 1 aromatic rings. The van der Waals surface area contributed by atoms with Crippen molar-refractivity contribution in [2.75, 3.05) is 6.61 Å².